The number of carbonyl (C=O) groups excluding carboxylic acids is 2. The number of benzene rings is 1. The molecule has 1 amide bonds. The first kappa shape index (κ1) is 18.1. The van der Waals surface area contributed by atoms with Gasteiger partial charge in [-0.15, -0.1) is 0 Å². The molecule has 2 atom stereocenters. The summed E-state index contributed by atoms with van der Waals surface area (Å²) in [5, 5.41) is 2.77. The van der Waals surface area contributed by atoms with Crippen LogP contribution in [0.15, 0.2) is 24.3 Å². The van der Waals surface area contributed by atoms with Crippen molar-refractivity contribution in [2.24, 2.45) is 11.8 Å². The Bertz CT molecular complexity index is 516. The van der Waals surface area contributed by atoms with E-state index in [4.69, 9.17) is 4.74 Å². The van der Waals surface area contributed by atoms with Crippen molar-refractivity contribution in [3.8, 4) is 0 Å². The highest BCUT2D eigenvalue weighted by atomic mass is 19.1. The Hall–Kier alpha value is -1.91. The van der Waals surface area contributed by atoms with E-state index >= 15 is 0 Å². The van der Waals surface area contributed by atoms with Crippen LogP contribution in [0.3, 0.4) is 0 Å². The maximum Gasteiger partial charge on any atom is 0.309 e. The van der Waals surface area contributed by atoms with Crippen LogP contribution in [0, 0.1) is 17.7 Å². The molecular formula is C17H24FNO3. The third kappa shape index (κ3) is 6.24. The van der Waals surface area contributed by atoms with E-state index in [-0.39, 0.29) is 24.4 Å². The Balaban J connectivity index is 2.40. The molecule has 1 aromatic rings. The van der Waals surface area contributed by atoms with Crippen molar-refractivity contribution in [1.82, 2.24) is 5.32 Å². The predicted molar refractivity (Wildman–Crippen MR) is 82.7 cm³/mol. The molecule has 0 spiro atoms. The summed E-state index contributed by atoms with van der Waals surface area (Å²) in [6, 6.07) is 6.12. The molecule has 0 aliphatic rings. The molecule has 1 aromatic carbocycles. The van der Waals surface area contributed by atoms with Gasteiger partial charge < -0.3 is 10.1 Å². The summed E-state index contributed by atoms with van der Waals surface area (Å²) < 4.78 is 18.1. The van der Waals surface area contributed by atoms with Crippen LogP contribution in [-0.2, 0) is 20.7 Å². The minimum Gasteiger partial charge on any atom is -0.455 e. The second-order valence-electron chi connectivity index (χ2n) is 5.94. The van der Waals surface area contributed by atoms with E-state index in [1.165, 1.54) is 12.1 Å². The van der Waals surface area contributed by atoms with Gasteiger partial charge in [-0.3, -0.25) is 9.59 Å². The lowest BCUT2D eigenvalue weighted by Gasteiger charge is -2.18. The number of halogens is 1. The monoisotopic (exact) mass is 309 g/mol. The molecule has 0 aromatic heterocycles. The van der Waals surface area contributed by atoms with Crippen LogP contribution in [0.25, 0.3) is 0 Å². The summed E-state index contributed by atoms with van der Waals surface area (Å²) in [7, 11) is 0. The van der Waals surface area contributed by atoms with E-state index in [1.54, 1.807) is 19.1 Å². The van der Waals surface area contributed by atoms with Gasteiger partial charge in [0.2, 0.25) is 0 Å². The topological polar surface area (TPSA) is 55.4 Å². The van der Waals surface area contributed by atoms with E-state index in [0.29, 0.717) is 12.3 Å². The first-order valence-electron chi connectivity index (χ1n) is 7.50. The number of nitrogens with one attached hydrogen (secondary N) is 1. The van der Waals surface area contributed by atoms with Crippen LogP contribution in [-0.4, -0.2) is 24.5 Å². The maximum absolute atomic E-state index is 13.1. The molecule has 0 saturated heterocycles. The second-order valence-corrected chi connectivity index (χ2v) is 5.94. The van der Waals surface area contributed by atoms with Gasteiger partial charge in [0, 0.05) is 6.04 Å². The zero-order valence-corrected chi connectivity index (χ0v) is 13.6. The molecule has 122 valence electrons. The van der Waals surface area contributed by atoms with Gasteiger partial charge in [0.15, 0.2) is 6.61 Å². The third-order valence-electron chi connectivity index (χ3n) is 3.57. The number of carbonyl (C=O) groups is 2. The normalized spacial score (nSPS) is 13.5. The first-order valence-corrected chi connectivity index (χ1v) is 7.50. The molecule has 1 N–H and O–H groups in total. The summed E-state index contributed by atoms with van der Waals surface area (Å²) in [6.45, 7) is 7.30. The van der Waals surface area contributed by atoms with Crippen LogP contribution in [0.4, 0.5) is 4.39 Å². The quantitative estimate of drug-likeness (QED) is 0.788. The first-order chi connectivity index (χ1) is 10.3. The molecule has 4 nitrogen and oxygen atoms in total. The van der Waals surface area contributed by atoms with Gasteiger partial charge in [0.25, 0.3) is 5.91 Å². The minimum absolute atomic E-state index is 0.0240. The van der Waals surface area contributed by atoms with Crippen LogP contribution in [0.5, 0.6) is 0 Å². The summed E-state index contributed by atoms with van der Waals surface area (Å²) in [5.41, 5.74) is 0.724. The summed E-state index contributed by atoms with van der Waals surface area (Å²) >= 11 is 0. The van der Waals surface area contributed by atoms with Crippen LogP contribution in [0.1, 0.15) is 33.3 Å². The van der Waals surface area contributed by atoms with Gasteiger partial charge in [0.1, 0.15) is 5.82 Å². The fourth-order valence-corrected chi connectivity index (χ4v) is 1.84. The molecule has 2 unspecified atom stereocenters. The van der Waals surface area contributed by atoms with E-state index in [9.17, 15) is 14.0 Å². The van der Waals surface area contributed by atoms with Gasteiger partial charge in [0.05, 0.1) is 5.92 Å². The predicted octanol–water partition coefficient (Wildman–Crippen LogP) is 2.71. The van der Waals surface area contributed by atoms with E-state index < -0.39 is 11.9 Å². The largest absolute Gasteiger partial charge is 0.455 e. The van der Waals surface area contributed by atoms with Crippen LogP contribution >= 0.6 is 0 Å². The van der Waals surface area contributed by atoms with Crippen molar-refractivity contribution in [3.05, 3.63) is 35.6 Å². The average molecular weight is 309 g/mol. The van der Waals surface area contributed by atoms with Gasteiger partial charge in [-0.05, 0) is 37.0 Å². The Labute approximate surface area is 131 Å². The van der Waals surface area contributed by atoms with Gasteiger partial charge in [-0.2, -0.15) is 0 Å². The lowest BCUT2D eigenvalue weighted by molar-refractivity contribution is -0.152. The molecule has 0 radical (unpaired) electrons. The zero-order valence-electron chi connectivity index (χ0n) is 13.6. The van der Waals surface area contributed by atoms with Crippen molar-refractivity contribution in [2.45, 2.75) is 40.2 Å². The lowest BCUT2D eigenvalue weighted by atomic mass is 10.0. The molecular weight excluding hydrogens is 285 g/mol. The lowest BCUT2D eigenvalue weighted by Crippen LogP contribution is -2.39. The fraction of sp³-hybridized carbons (Fsp3) is 0.529. The Kier molecular flexibility index (Phi) is 7.02. The number of hydrogen-bond acceptors (Lipinski definition) is 3. The second kappa shape index (κ2) is 8.51. The van der Waals surface area contributed by atoms with E-state index in [1.807, 2.05) is 20.8 Å². The fourth-order valence-electron chi connectivity index (χ4n) is 1.84. The van der Waals surface area contributed by atoms with Crippen molar-refractivity contribution in [2.75, 3.05) is 6.61 Å². The third-order valence-corrected chi connectivity index (χ3v) is 3.57. The van der Waals surface area contributed by atoms with Gasteiger partial charge in [-0.1, -0.05) is 32.9 Å². The highest BCUT2D eigenvalue weighted by Gasteiger charge is 2.18. The summed E-state index contributed by atoms with van der Waals surface area (Å²) in [5.74, 6) is -1.23. The SMILES string of the molecule is CC(Cc1cccc(F)c1)C(=O)OCC(=O)NC(C)C(C)C. The molecule has 22 heavy (non-hydrogen) atoms. The molecule has 0 aliphatic heterocycles. The molecule has 1 rings (SSSR count). The van der Waals surface area contributed by atoms with Crippen molar-refractivity contribution >= 4 is 11.9 Å². The molecule has 0 heterocycles. The number of hydrogen-bond donors (Lipinski definition) is 1. The van der Waals surface area contributed by atoms with Crippen LogP contribution in [0.2, 0.25) is 0 Å². The van der Waals surface area contributed by atoms with Crippen LogP contribution < -0.4 is 5.32 Å². The number of esters is 1. The van der Waals surface area contributed by atoms with E-state index in [2.05, 4.69) is 5.32 Å². The van der Waals surface area contributed by atoms with E-state index in [0.717, 1.165) is 5.56 Å². The highest BCUT2D eigenvalue weighted by molar-refractivity contribution is 5.81. The van der Waals surface area contributed by atoms with Crippen molar-refractivity contribution < 1.29 is 18.7 Å². The Morgan fingerprint density at radius 2 is 1.91 bits per heavy atom. The molecule has 0 bridgehead atoms. The zero-order chi connectivity index (χ0) is 16.7. The van der Waals surface area contributed by atoms with Gasteiger partial charge >= 0.3 is 5.97 Å². The number of ether oxygens (including phenoxy) is 1. The highest BCUT2D eigenvalue weighted by Crippen LogP contribution is 2.11. The molecule has 5 heteroatoms. The molecule has 0 saturated carbocycles. The standard InChI is InChI=1S/C17H24FNO3/c1-11(2)13(4)19-16(20)10-22-17(21)12(3)8-14-6-5-7-15(18)9-14/h5-7,9,11-13H,8,10H2,1-4H3,(H,19,20). The smallest absolute Gasteiger partial charge is 0.309 e. The number of rotatable bonds is 7. The summed E-state index contributed by atoms with van der Waals surface area (Å²) in [6.07, 6.45) is 0.376. The molecule has 0 fully saturated rings. The Morgan fingerprint density at radius 1 is 1.23 bits per heavy atom. The van der Waals surface area contributed by atoms with Crippen molar-refractivity contribution in [1.29, 1.82) is 0 Å². The van der Waals surface area contributed by atoms with Crippen molar-refractivity contribution in [3.63, 3.8) is 0 Å². The minimum atomic E-state index is -0.461. The Morgan fingerprint density at radius 3 is 2.50 bits per heavy atom. The van der Waals surface area contributed by atoms with Gasteiger partial charge in [-0.25, -0.2) is 4.39 Å². The average Bonchev–Trinajstić information content (AvgIpc) is 2.44. The maximum atomic E-state index is 13.1. The molecule has 0 aliphatic carbocycles. The summed E-state index contributed by atoms with van der Waals surface area (Å²) in [4.78, 5) is 23.5. The number of amides is 1.